The summed E-state index contributed by atoms with van der Waals surface area (Å²) in [6.45, 7) is 5.89. The lowest BCUT2D eigenvalue weighted by Gasteiger charge is -2.42. The van der Waals surface area contributed by atoms with Crippen molar-refractivity contribution in [2.24, 2.45) is 17.8 Å². The van der Waals surface area contributed by atoms with Crippen molar-refractivity contribution in [3.8, 4) is 5.75 Å². The van der Waals surface area contributed by atoms with Crippen molar-refractivity contribution in [3.63, 3.8) is 0 Å². The second-order valence-electron chi connectivity index (χ2n) is 10.2. The van der Waals surface area contributed by atoms with E-state index in [0.717, 1.165) is 31.1 Å². The molecule has 0 spiro atoms. The Balaban J connectivity index is 1.47. The van der Waals surface area contributed by atoms with Crippen LogP contribution in [0.2, 0.25) is 0 Å². The molecule has 0 saturated heterocycles. The second-order valence-corrected chi connectivity index (χ2v) is 10.2. The highest BCUT2D eigenvalue weighted by Crippen LogP contribution is 2.49. The Kier molecular flexibility index (Phi) is 8.03. The molecular weight excluding hydrogens is 421 g/mol. The van der Waals surface area contributed by atoms with Gasteiger partial charge in [-0.25, -0.2) is 13.2 Å². The van der Waals surface area contributed by atoms with Crippen molar-refractivity contribution in [1.29, 1.82) is 0 Å². The summed E-state index contributed by atoms with van der Waals surface area (Å²) >= 11 is 0. The van der Waals surface area contributed by atoms with Crippen LogP contribution in [0.5, 0.6) is 5.75 Å². The largest absolute Gasteiger partial charge is 0.486 e. The molecule has 0 aromatic heterocycles. The van der Waals surface area contributed by atoms with Gasteiger partial charge < -0.3 is 4.74 Å². The van der Waals surface area contributed by atoms with Crippen LogP contribution in [0.1, 0.15) is 89.0 Å². The molecule has 0 radical (unpaired) electrons. The summed E-state index contributed by atoms with van der Waals surface area (Å²) < 4.78 is 50.3. The van der Waals surface area contributed by atoms with Crippen molar-refractivity contribution in [1.82, 2.24) is 0 Å². The first-order valence-electron chi connectivity index (χ1n) is 12.9. The molecule has 4 heteroatoms. The zero-order valence-corrected chi connectivity index (χ0v) is 19.9. The fraction of sp³-hybridized carbons (Fsp3) is 0.586. The Morgan fingerprint density at radius 3 is 2.52 bits per heavy atom. The van der Waals surface area contributed by atoms with Crippen LogP contribution in [0.25, 0.3) is 10.8 Å². The van der Waals surface area contributed by atoms with E-state index in [1.54, 1.807) is 12.1 Å². The van der Waals surface area contributed by atoms with Gasteiger partial charge in [-0.1, -0.05) is 64.2 Å². The van der Waals surface area contributed by atoms with Gasteiger partial charge in [0, 0.05) is 0 Å². The number of unbranched alkanes of at least 4 members (excludes halogenated alkanes) is 3. The molecule has 0 aliphatic heterocycles. The number of hydrogen-bond donors (Lipinski definition) is 0. The van der Waals surface area contributed by atoms with Crippen LogP contribution in [-0.2, 0) is 0 Å². The molecule has 4 atom stereocenters. The molecule has 2 fully saturated rings. The molecule has 1 nitrogen and oxygen atoms in total. The van der Waals surface area contributed by atoms with Crippen LogP contribution in [0.3, 0.4) is 0 Å². The molecule has 33 heavy (non-hydrogen) atoms. The predicted molar refractivity (Wildman–Crippen MR) is 129 cm³/mol. The van der Waals surface area contributed by atoms with Crippen LogP contribution < -0.4 is 4.74 Å². The highest BCUT2D eigenvalue weighted by Gasteiger charge is 2.37. The highest BCUT2D eigenvalue weighted by molar-refractivity contribution is 5.86. The van der Waals surface area contributed by atoms with Gasteiger partial charge in [0.25, 0.3) is 0 Å². The minimum Gasteiger partial charge on any atom is -0.486 e. The summed E-state index contributed by atoms with van der Waals surface area (Å²) in [5.74, 6) is -0.751. The summed E-state index contributed by atoms with van der Waals surface area (Å²) in [5.41, 5.74) is 0.416. The first kappa shape index (κ1) is 24.2. The normalized spacial score (nSPS) is 25.1. The Labute approximate surface area is 196 Å². The summed E-state index contributed by atoms with van der Waals surface area (Å²) in [7, 11) is 0. The van der Waals surface area contributed by atoms with E-state index in [0.29, 0.717) is 16.9 Å². The SMILES string of the molecule is C=CCOc1ccc2cc([C@@H]3CC[C@@H]4CC(CCCCCC)CCC4C3)c(F)c(F)c2c1F. The van der Waals surface area contributed by atoms with Gasteiger partial charge in [0.1, 0.15) is 6.61 Å². The van der Waals surface area contributed by atoms with Crippen LogP contribution in [0, 0.1) is 35.2 Å². The summed E-state index contributed by atoms with van der Waals surface area (Å²) in [6.07, 6.45) is 14.8. The maximum Gasteiger partial charge on any atom is 0.175 e. The molecule has 180 valence electrons. The zero-order valence-electron chi connectivity index (χ0n) is 19.9. The summed E-state index contributed by atoms with van der Waals surface area (Å²) in [4.78, 5) is 0. The third kappa shape index (κ3) is 5.25. The van der Waals surface area contributed by atoms with E-state index < -0.39 is 17.5 Å². The van der Waals surface area contributed by atoms with E-state index in [1.807, 2.05) is 0 Å². The third-order valence-electron chi connectivity index (χ3n) is 8.10. The minimum absolute atomic E-state index is 0.00556. The maximum atomic E-state index is 15.2. The number of halogens is 3. The maximum absolute atomic E-state index is 15.2. The monoisotopic (exact) mass is 458 g/mol. The topological polar surface area (TPSA) is 9.23 Å². The fourth-order valence-electron chi connectivity index (χ4n) is 6.33. The number of rotatable bonds is 9. The van der Waals surface area contributed by atoms with Crippen molar-refractivity contribution in [2.75, 3.05) is 6.61 Å². The quantitative estimate of drug-likeness (QED) is 0.269. The van der Waals surface area contributed by atoms with E-state index in [1.165, 1.54) is 63.5 Å². The number of ether oxygens (including phenoxy) is 1. The molecule has 2 aromatic rings. The van der Waals surface area contributed by atoms with Crippen molar-refractivity contribution < 1.29 is 17.9 Å². The number of benzene rings is 2. The van der Waals surface area contributed by atoms with Gasteiger partial charge in [0.05, 0.1) is 5.39 Å². The lowest BCUT2D eigenvalue weighted by Crippen LogP contribution is -2.30. The van der Waals surface area contributed by atoms with E-state index in [2.05, 4.69) is 13.5 Å². The van der Waals surface area contributed by atoms with Gasteiger partial charge in [-0.3, -0.25) is 0 Å². The van der Waals surface area contributed by atoms with E-state index in [9.17, 15) is 4.39 Å². The van der Waals surface area contributed by atoms with Gasteiger partial charge in [0.15, 0.2) is 23.2 Å². The Bertz CT molecular complexity index is 969. The van der Waals surface area contributed by atoms with Crippen molar-refractivity contribution >= 4 is 10.8 Å². The third-order valence-corrected chi connectivity index (χ3v) is 8.10. The Hall–Kier alpha value is -1.97. The molecule has 2 aliphatic carbocycles. The van der Waals surface area contributed by atoms with Crippen molar-refractivity contribution in [3.05, 3.63) is 53.9 Å². The second kappa shape index (κ2) is 11.0. The van der Waals surface area contributed by atoms with E-state index in [4.69, 9.17) is 4.74 Å². The first-order chi connectivity index (χ1) is 16.0. The lowest BCUT2D eigenvalue weighted by molar-refractivity contribution is 0.112. The number of fused-ring (bicyclic) bond motifs is 2. The lowest BCUT2D eigenvalue weighted by atomic mass is 9.63. The summed E-state index contributed by atoms with van der Waals surface area (Å²) in [6, 6.07) is 4.78. The fourth-order valence-corrected chi connectivity index (χ4v) is 6.33. The highest BCUT2D eigenvalue weighted by atomic mass is 19.2. The van der Waals surface area contributed by atoms with Gasteiger partial charge in [-0.2, -0.15) is 0 Å². The van der Waals surface area contributed by atoms with Crippen molar-refractivity contribution in [2.45, 2.75) is 83.5 Å². The van der Waals surface area contributed by atoms with Gasteiger partial charge in [-0.05, 0) is 78.9 Å². The molecule has 2 saturated carbocycles. The molecule has 0 N–H and O–H groups in total. The Morgan fingerprint density at radius 2 is 1.73 bits per heavy atom. The van der Waals surface area contributed by atoms with Crippen LogP contribution in [0.15, 0.2) is 30.9 Å². The van der Waals surface area contributed by atoms with E-state index in [-0.39, 0.29) is 23.7 Å². The van der Waals surface area contributed by atoms with E-state index >= 15 is 8.78 Å². The summed E-state index contributed by atoms with van der Waals surface area (Å²) in [5, 5.41) is 0.0698. The molecule has 0 heterocycles. The minimum atomic E-state index is -1.10. The van der Waals surface area contributed by atoms with Crippen LogP contribution >= 0.6 is 0 Å². The predicted octanol–water partition coefficient (Wildman–Crippen LogP) is 9.09. The first-order valence-corrected chi connectivity index (χ1v) is 12.9. The molecule has 2 aromatic carbocycles. The standard InChI is InChI=1S/C29H37F3O/c1-3-5-6-7-8-19-9-10-21-17-22(12-11-20(21)16-19)24-18-23-13-14-25(33-15-4-2)28(31)26(23)29(32)27(24)30/h4,13-14,18-22H,2-3,5-12,15-17H2,1H3/t19?,20-,21?,22-/m1/s1. The molecule has 0 amide bonds. The molecule has 2 unspecified atom stereocenters. The average Bonchev–Trinajstić information content (AvgIpc) is 2.83. The molecule has 2 aliphatic rings. The molecular formula is C29H37F3O. The van der Waals surface area contributed by atoms with Gasteiger partial charge in [0.2, 0.25) is 0 Å². The number of hydrogen-bond acceptors (Lipinski definition) is 1. The molecule has 0 bridgehead atoms. The smallest absolute Gasteiger partial charge is 0.175 e. The Morgan fingerprint density at radius 1 is 0.939 bits per heavy atom. The molecule has 4 rings (SSSR count). The van der Waals surface area contributed by atoms with Gasteiger partial charge >= 0.3 is 0 Å². The van der Waals surface area contributed by atoms with Gasteiger partial charge in [-0.15, -0.1) is 0 Å². The zero-order chi connectivity index (χ0) is 23.4. The average molecular weight is 459 g/mol. The van der Waals surface area contributed by atoms with Crippen LogP contribution in [-0.4, -0.2) is 6.61 Å². The van der Waals surface area contributed by atoms with Crippen LogP contribution in [0.4, 0.5) is 13.2 Å².